The second-order valence-corrected chi connectivity index (χ2v) is 7.36. The van der Waals surface area contributed by atoms with Crippen LogP contribution in [0.3, 0.4) is 0 Å². The molecule has 0 saturated heterocycles. The van der Waals surface area contributed by atoms with Gasteiger partial charge in [-0.3, -0.25) is 4.99 Å². The highest BCUT2D eigenvalue weighted by atomic mass is 16.5. The number of H-pyrrole nitrogens is 1. The molecule has 2 heterocycles. The highest BCUT2D eigenvalue weighted by Gasteiger charge is 2.34. The van der Waals surface area contributed by atoms with E-state index in [0.717, 1.165) is 45.8 Å². The minimum Gasteiger partial charge on any atom is -0.493 e. The lowest BCUT2D eigenvalue weighted by Gasteiger charge is -2.35. The van der Waals surface area contributed by atoms with Gasteiger partial charge in [0.1, 0.15) is 0 Å². The molecule has 0 spiro atoms. The maximum Gasteiger partial charge on any atom is 0.161 e. The largest absolute Gasteiger partial charge is 0.493 e. The number of hydrogen-bond acceptors (Lipinski definition) is 4. The van der Waals surface area contributed by atoms with Crippen LogP contribution in [0.25, 0.3) is 11.0 Å². The van der Waals surface area contributed by atoms with Gasteiger partial charge in [0.15, 0.2) is 11.5 Å². The van der Waals surface area contributed by atoms with Crippen molar-refractivity contribution in [2.24, 2.45) is 4.99 Å². The van der Waals surface area contributed by atoms with Gasteiger partial charge in [-0.15, -0.1) is 0 Å². The Bertz CT molecular complexity index is 1040. The smallest absolute Gasteiger partial charge is 0.161 e. The van der Waals surface area contributed by atoms with Crippen LogP contribution in [0.2, 0.25) is 0 Å². The standard InChI is InChI=1S/C22H23N3O2/c1-26-20-10-15-14-5-3-4-6-17(14)25-22(16(15)11-21(20)27-2)13-7-8-18-19(9-13)24-12-23-18/h7-12,14,17H,3-6H2,1-2H3,(H,23,24). The summed E-state index contributed by atoms with van der Waals surface area (Å²) in [7, 11) is 3.39. The summed E-state index contributed by atoms with van der Waals surface area (Å²) in [6.45, 7) is 0. The van der Waals surface area contributed by atoms with E-state index >= 15 is 0 Å². The zero-order chi connectivity index (χ0) is 18.4. The Kier molecular flexibility index (Phi) is 3.88. The second-order valence-electron chi connectivity index (χ2n) is 7.36. The van der Waals surface area contributed by atoms with E-state index in [9.17, 15) is 0 Å². The number of nitrogens with one attached hydrogen (secondary N) is 1. The summed E-state index contributed by atoms with van der Waals surface area (Å²) >= 11 is 0. The number of hydrogen-bond donors (Lipinski definition) is 1. The van der Waals surface area contributed by atoms with Gasteiger partial charge in [-0.1, -0.05) is 18.9 Å². The molecule has 2 unspecified atom stereocenters. The molecule has 1 saturated carbocycles. The summed E-state index contributed by atoms with van der Waals surface area (Å²) in [6, 6.07) is 10.9. The summed E-state index contributed by atoms with van der Waals surface area (Å²) in [5.74, 6) is 2.01. The predicted molar refractivity (Wildman–Crippen MR) is 106 cm³/mol. The minimum atomic E-state index is 0.344. The fourth-order valence-electron chi connectivity index (χ4n) is 4.58. The quantitative estimate of drug-likeness (QED) is 0.749. The highest BCUT2D eigenvalue weighted by molar-refractivity contribution is 6.16. The van der Waals surface area contributed by atoms with Gasteiger partial charge in [0.25, 0.3) is 0 Å². The number of methoxy groups -OCH3 is 2. The SMILES string of the molecule is COc1cc2c(cc1OC)C1CCCCC1N=C2c1ccc2nc[nH]c2c1. The summed E-state index contributed by atoms with van der Waals surface area (Å²) < 4.78 is 11.2. The molecule has 1 aliphatic carbocycles. The zero-order valence-electron chi connectivity index (χ0n) is 15.7. The number of fused-ring (bicyclic) bond motifs is 4. The lowest BCUT2D eigenvalue weighted by Crippen LogP contribution is -2.29. The number of ether oxygens (including phenoxy) is 2. The average Bonchev–Trinajstić information content (AvgIpc) is 3.20. The molecular weight excluding hydrogens is 338 g/mol. The van der Waals surface area contributed by atoms with Crippen LogP contribution in [0.5, 0.6) is 11.5 Å². The molecule has 2 aromatic carbocycles. The predicted octanol–water partition coefficient (Wildman–Crippen LogP) is 4.46. The van der Waals surface area contributed by atoms with Crippen molar-refractivity contribution < 1.29 is 9.47 Å². The molecule has 0 bridgehead atoms. The van der Waals surface area contributed by atoms with E-state index in [4.69, 9.17) is 14.5 Å². The molecular formula is C22H23N3O2. The normalized spacial score (nSPS) is 21.3. The molecule has 0 radical (unpaired) electrons. The van der Waals surface area contributed by atoms with E-state index in [-0.39, 0.29) is 0 Å². The molecule has 1 aromatic heterocycles. The maximum absolute atomic E-state index is 5.59. The van der Waals surface area contributed by atoms with Crippen molar-refractivity contribution in [3.05, 3.63) is 53.3 Å². The van der Waals surface area contributed by atoms with Crippen LogP contribution in [0.4, 0.5) is 0 Å². The number of nitrogens with zero attached hydrogens (tertiary/aromatic N) is 2. The lowest BCUT2D eigenvalue weighted by atomic mass is 9.75. The van der Waals surface area contributed by atoms with Crippen molar-refractivity contribution in [1.29, 1.82) is 0 Å². The first-order valence-electron chi connectivity index (χ1n) is 9.56. The zero-order valence-corrected chi connectivity index (χ0v) is 15.7. The molecule has 1 fully saturated rings. The first-order chi connectivity index (χ1) is 13.3. The number of benzene rings is 2. The minimum absolute atomic E-state index is 0.344. The van der Waals surface area contributed by atoms with Crippen LogP contribution in [0, 0.1) is 0 Å². The highest BCUT2D eigenvalue weighted by Crippen LogP contribution is 2.44. The van der Waals surface area contributed by atoms with Crippen LogP contribution in [-0.4, -0.2) is 35.9 Å². The van der Waals surface area contributed by atoms with E-state index < -0.39 is 0 Å². The molecule has 2 aliphatic rings. The molecule has 138 valence electrons. The van der Waals surface area contributed by atoms with Gasteiger partial charge >= 0.3 is 0 Å². The summed E-state index contributed by atoms with van der Waals surface area (Å²) in [6.07, 6.45) is 6.58. The Morgan fingerprint density at radius 2 is 1.81 bits per heavy atom. The van der Waals surface area contributed by atoms with Crippen LogP contribution in [0.1, 0.15) is 48.3 Å². The molecule has 1 N–H and O–H groups in total. The fraction of sp³-hybridized carbons (Fsp3) is 0.364. The van der Waals surface area contributed by atoms with Crippen molar-refractivity contribution in [3.8, 4) is 11.5 Å². The van der Waals surface area contributed by atoms with E-state index in [1.807, 2.05) is 0 Å². The number of aliphatic imine (C=N–C) groups is 1. The first-order valence-corrected chi connectivity index (χ1v) is 9.56. The van der Waals surface area contributed by atoms with Crippen LogP contribution in [-0.2, 0) is 0 Å². The van der Waals surface area contributed by atoms with Gasteiger partial charge < -0.3 is 14.5 Å². The molecule has 3 aromatic rings. The molecule has 1 aliphatic heterocycles. The van der Waals surface area contributed by atoms with E-state index in [1.165, 1.54) is 24.8 Å². The molecule has 5 heteroatoms. The topological polar surface area (TPSA) is 59.5 Å². The van der Waals surface area contributed by atoms with Gasteiger partial charge in [-0.2, -0.15) is 0 Å². The number of imidazole rings is 1. The van der Waals surface area contributed by atoms with Crippen molar-refractivity contribution in [1.82, 2.24) is 9.97 Å². The van der Waals surface area contributed by atoms with Crippen molar-refractivity contribution >= 4 is 16.7 Å². The van der Waals surface area contributed by atoms with Crippen molar-refractivity contribution in [2.75, 3.05) is 14.2 Å². The van der Waals surface area contributed by atoms with Crippen LogP contribution < -0.4 is 9.47 Å². The molecule has 5 nitrogen and oxygen atoms in total. The van der Waals surface area contributed by atoms with Crippen LogP contribution in [0.15, 0.2) is 41.7 Å². The third kappa shape index (κ3) is 2.60. The van der Waals surface area contributed by atoms with Gasteiger partial charge in [0.05, 0.1) is 43.3 Å². The Labute approximate surface area is 158 Å². The number of aromatic nitrogens is 2. The van der Waals surface area contributed by atoms with Gasteiger partial charge in [-0.25, -0.2) is 4.98 Å². The van der Waals surface area contributed by atoms with Gasteiger partial charge in [0.2, 0.25) is 0 Å². The summed E-state index contributed by atoms with van der Waals surface area (Å²) in [5.41, 5.74) is 6.66. The monoisotopic (exact) mass is 361 g/mol. The lowest BCUT2D eigenvalue weighted by molar-refractivity contribution is 0.349. The Balaban J connectivity index is 1.72. The summed E-state index contributed by atoms with van der Waals surface area (Å²) in [5, 5.41) is 0. The second kappa shape index (κ2) is 6.41. The van der Waals surface area contributed by atoms with E-state index in [0.29, 0.717) is 12.0 Å². The average molecular weight is 361 g/mol. The first kappa shape index (κ1) is 16.4. The Hall–Kier alpha value is -2.82. The van der Waals surface area contributed by atoms with Crippen molar-refractivity contribution in [3.63, 3.8) is 0 Å². The van der Waals surface area contributed by atoms with Crippen molar-refractivity contribution in [2.45, 2.75) is 37.6 Å². The molecule has 2 atom stereocenters. The maximum atomic E-state index is 5.59. The molecule has 0 amide bonds. The Morgan fingerprint density at radius 1 is 1.00 bits per heavy atom. The molecule has 5 rings (SSSR count). The van der Waals surface area contributed by atoms with Gasteiger partial charge in [0, 0.05) is 17.0 Å². The fourth-order valence-corrected chi connectivity index (χ4v) is 4.58. The van der Waals surface area contributed by atoms with E-state index in [2.05, 4.69) is 40.3 Å². The van der Waals surface area contributed by atoms with E-state index in [1.54, 1.807) is 20.5 Å². The summed E-state index contributed by atoms with van der Waals surface area (Å²) in [4.78, 5) is 12.8. The van der Waals surface area contributed by atoms with Crippen LogP contribution >= 0.6 is 0 Å². The number of rotatable bonds is 3. The third-order valence-corrected chi connectivity index (χ3v) is 5.93. The number of aromatic amines is 1. The Morgan fingerprint density at radius 3 is 2.67 bits per heavy atom. The molecule has 27 heavy (non-hydrogen) atoms. The third-order valence-electron chi connectivity index (χ3n) is 5.93. The van der Waals surface area contributed by atoms with Gasteiger partial charge in [-0.05, 0) is 42.7 Å².